The number of ether oxygens (including phenoxy) is 1. The highest BCUT2D eigenvalue weighted by atomic mass is 35.5. The van der Waals surface area contributed by atoms with Gasteiger partial charge < -0.3 is 20.3 Å². The van der Waals surface area contributed by atoms with E-state index in [0.717, 1.165) is 45.9 Å². The summed E-state index contributed by atoms with van der Waals surface area (Å²) in [6.07, 6.45) is 1.90. The number of allylic oxidation sites excluding steroid dienone is 1. The van der Waals surface area contributed by atoms with Gasteiger partial charge in [0, 0.05) is 29.3 Å². The molecule has 0 saturated heterocycles. The number of anilines is 2. The van der Waals surface area contributed by atoms with Crippen LogP contribution in [0.5, 0.6) is 5.75 Å². The average molecular weight is 544 g/mol. The summed E-state index contributed by atoms with van der Waals surface area (Å²) >= 11 is 6.00. The van der Waals surface area contributed by atoms with E-state index in [4.69, 9.17) is 16.3 Å². The molecule has 7 heteroatoms. The third-order valence-electron chi connectivity index (χ3n) is 7.40. The molecule has 0 spiro atoms. The van der Waals surface area contributed by atoms with Gasteiger partial charge in [-0.25, -0.2) is 0 Å². The number of hydrogen-bond donors (Lipinski definition) is 2. The minimum absolute atomic E-state index is 0.101. The van der Waals surface area contributed by atoms with Crippen molar-refractivity contribution >= 4 is 34.7 Å². The zero-order valence-corrected chi connectivity index (χ0v) is 23.3. The number of halogens is 1. The summed E-state index contributed by atoms with van der Waals surface area (Å²) in [4.78, 5) is 29.2. The monoisotopic (exact) mass is 543 g/mol. The van der Waals surface area contributed by atoms with E-state index in [1.807, 2.05) is 72.8 Å². The Bertz CT molecular complexity index is 1400. The lowest BCUT2D eigenvalue weighted by Gasteiger charge is -2.38. The fraction of sp³-hybridized carbons (Fsp3) is 0.312. The number of fused-ring (bicyclic) bond motifs is 1. The number of ketones is 1. The Morgan fingerprint density at radius 2 is 1.77 bits per heavy atom. The molecular weight excluding hydrogens is 510 g/mol. The van der Waals surface area contributed by atoms with Crippen molar-refractivity contribution in [1.82, 2.24) is 5.32 Å². The van der Waals surface area contributed by atoms with E-state index < -0.39 is 6.04 Å². The molecule has 1 aliphatic carbocycles. The number of benzene rings is 3. The van der Waals surface area contributed by atoms with Gasteiger partial charge in [-0.05, 0) is 65.8 Å². The van der Waals surface area contributed by atoms with Crippen LogP contribution in [0.4, 0.5) is 11.4 Å². The van der Waals surface area contributed by atoms with Crippen molar-refractivity contribution in [3.63, 3.8) is 0 Å². The first-order valence-corrected chi connectivity index (χ1v) is 13.7. The molecule has 1 amide bonds. The largest absolute Gasteiger partial charge is 0.497 e. The highest BCUT2D eigenvalue weighted by Gasteiger charge is 2.41. The van der Waals surface area contributed by atoms with Gasteiger partial charge >= 0.3 is 0 Å². The lowest BCUT2D eigenvalue weighted by atomic mass is 9.73. The maximum atomic E-state index is 13.8. The van der Waals surface area contributed by atoms with E-state index in [9.17, 15) is 9.59 Å². The number of para-hydroxylation sites is 2. The van der Waals surface area contributed by atoms with Crippen LogP contribution in [-0.4, -0.2) is 31.9 Å². The summed E-state index contributed by atoms with van der Waals surface area (Å²) in [7, 11) is 1.63. The summed E-state index contributed by atoms with van der Waals surface area (Å²) < 4.78 is 5.39. The molecule has 1 atom stereocenters. The van der Waals surface area contributed by atoms with Crippen LogP contribution < -0.4 is 20.3 Å². The molecule has 0 fully saturated rings. The topological polar surface area (TPSA) is 70.7 Å². The summed E-state index contributed by atoms with van der Waals surface area (Å²) in [6, 6.07) is 23.0. The van der Waals surface area contributed by atoms with Gasteiger partial charge in [0.2, 0.25) is 5.91 Å². The molecule has 6 nitrogen and oxygen atoms in total. The lowest BCUT2D eigenvalue weighted by Crippen LogP contribution is -2.42. The van der Waals surface area contributed by atoms with Crippen LogP contribution in [0.25, 0.3) is 0 Å². The minimum Gasteiger partial charge on any atom is -0.497 e. The van der Waals surface area contributed by atoms with Crippen LogP contribution in [0.2, 0.25) is 5.02 Å². The van der Waals surface area contributed by atoms with Crippen LogP contribution in [0.3, 0.4) is 0 Å². The highest BCUT2D eigenvalue weighted by Crippen LogP contribution is 2.48. The van der Waals surface area contributed by atoms with Gasteiger partial charge in [0.1, 0.15) is 5.75 Å². The molecular formula is C32H34ClN3O3. The van der Waals surface area contributed by atoms with E-state index in [2.05, 4.69) is 29.4 Å². The van der Waals surface area contributed by atoms with Gasteiger partial charge in [-0.15, -0.1) is 0 Å². The first-order chi connectivity index (χ1) is 18.7. The maximum absolute atomic E-state index is 13.8. The Kier molecular flexibility index (Phi) is 7.67. The number of nitrogens with one attached hydrogen (secondary N) is 2. The molecule has 0 saturated carbocycles. The number of methoxy groups -OCH3 is 1. The number of carbonyl (C=O) groups excluding carboxylic acids is 2. The third-order valence-corrected chi connectivity index (χ3v) is 7.65. The average Bonchev–Trinajstić information content (AvgIpc) is 3.03. The molecule has 1 aliphatic heterocycles. The van der Waals surface area contributed by atoms with Crippen LogP contribution in [0.1, 0.15) is 43.9 Å². The quantitative estimate of drug-likeness (QED) is 0.365. The van der Waals surface area contributed by atoms with Gasteiger partial charge in [-0.2, -0.15) is 0 Å². The molecule has 0 aromatic heterocycles. The van der Waals surface area contributed by atoms with Crippen molar-refractivity contribution in [3.05, 3.63) is 100 Å². The van der Waals surface area contributed by atoms with Crippen LogP contribution in [0.15, 0.2) is 84.1 Å². The van der Waals surface area contributed by atoms with Crippen molar-refractivity contribution in [2.75, 3.05) is 30.4 Å². The summed E-state index contributed by atoms with van der Waals surface area (Å²) in [5, 5.41) is 7.36. The zero-order chi connectivity index (χ0) is 27.6. The third kappa shape index (κ3) is 5.96. The maximum Gasteiger partial charge on any atom is 0.239 e. The fourth-order valence-corrected chi connectivity index (χ4v) is 5.69. The number of hydrogen-bond acceptors (Lipinski definition) is 5. The second-order valence-corrected chi connectivity index (χ2v) is 11.4. The van der Waals surface area contributed by atoms with Gasteiger partial charge in [-0.3, -0.25) is 9.59 Å². The Hall–Kier alpha value is -3.77. The number of carbonyl (C=O) groups is 2. The SMILES string of the molecule is COc1ccc(C2C3=C(CC(C)(C)CC3=O)Nc3ccccc3N2CC(=O)NCCc2ccc(Cl)cc2)cc1. The van der Waals surface area contributed by atoms with E-state index in [0.29, 0.717) is 24.4 Å². The molecule has 39 heavy (non-hydrogen) atoms. The van der Waals surface area contributed by atoms with Crippen molar-refractivity contribution in [3.8, 4) is 5.75 Å². The summed E-state index contributed by atoms with van der Waals surface area (Å²) in [5.41, 5.74) is 5.30. The number of Topliss-reactive ketones (excluding diaryl/α,β-unsaturated/α-hetero) is 1. The molecule has 3 aromatic carbocycles. The number of rotatable bonds is 7. The summed E-state index contributed by atoms with van der Waals surface area (Å²) in [5.74, 6) is 0.739. The molecule has 2 aliphatic rings. The smallest absolute Gasteiger partial charge is 0.239 e. The predicted octanol–water partition coefficient (Wildman–Crippen LogP) is 6.32. The summed E-state index contributed by atoms with van der Waals surface area (Å²) in [6.45, 7) is 4.86. The standard InChI is InChI=1S/C32H34ClN3O3/c1-32(2)18-26-30(28(37)19-32)31(22-10-14-24(39-3)15-11-22)36(27-7-5-4-6-25(27)35-26)20-29(38)34-17-16-21-8-12-23(33)13-9-21/h4-15,31,35H,16-20H2,1-3H3,(H,34,38). The van der Waals surface area contributed by atoms with E-state index >= 15 is 0 Å². The highest BCUT2D eigenvalue weighted by molar-refractivity contribution is 6.30. The number of amides is 1. The minimum atomic E-state index is -0.423. The molecule has 1 heterocycles. The van der Waals surface area contributed by atoms with Gasteiger partial charge in [0.15, 0.2) is 5.78 Å². The second-order valence-electron chi connectivity index (χ2n) is 11.0. The molecule has 1 unspecified atom stereocenters. The van der Waals surface area contributed by atoms with E-state index in [1.165, 1.54) is 0 Å². The van der Waals surface area contributed by atoms with Crippen molar-refractivity contribution in [2.24, 2.45) is 5.41 Å². The first-order valence-electron chi connectivity index (χ1n) is 13.3. The molecule has 2 N–H and O–H groups in total. The van der Waals surface area contributed by atoms with E-state index in [-0.39, 0.29) is 23.7 Å². The van der Waals surface area contributed by atoms with Crippen LogP contribution in [0, 0.1) is 5.41 Å². The van der Waals surface area contributed by atoms with Gasteiger partial charge in [-0.1, -0.05) is 61.8 Å². The fourth-order valence-electron chi connectivity index (χ4n) is 5.57. The molecule has 5 rings (SSSR count). The van der Waals surface area contributed by atoms with Crippen LogP contribution in [-0.2, 0) is 16.0 Å². The second kappa shape index (κ2) is 11.1. The van der Waals surface area contributed by atoms with Crippen molar-refractivity contribution < 1.29 is 14.3 Å². The van der Waals surface area contributed by atoms with Crippen LogP contribution >= 0.6 is 11.6 Å². The zero-order valence-electron chi connectivity index (χ0n) is 22.6. The Morgan fingerprint density at radius 1 is 1.05 bits per heavy atom. The predicted molar refractivity (Wildman–Crippen MR) is 156 cm³/mol. The molecule has 3 aromatic rings. The number of nitrogens with zero attached hydrogens (tertiary/aromatic N) is 1. The first kappa shape index (κ1) is 26.8. The van der Waals surface area contributed by atoms with E-state index in [1.54, 1.807) is 7.11 Å². The Balaban J connectivity index is 1.50. The molecule has 202 valence electrons. The van der Waals surface area contributed by atoms with Gasteiger partial charge in [0.05, 0.1) is 31.1 Å². The Labute approximate surface area is 235 Å². The Morgan fingerprint density at radius 3 is 2.49 bits per heavy atom. The van der Waals surface area contributed by atoms with Gasteiger partial charge in [0.25, 0.3) is 0 Å². The molecule has 0 radical (unpaired) electrons. The lowest BCUT2D eigenvalue weighted by molar-refractivity contribution is -0.120. The molecule has 0 bridgehead atoms. The van der Waals surface area contributed by atoms with Crippen molar-refractivity contribution in [1.29, 1.82) is 0 Å². The van der Waals surface area contributed by atoms with Crippen molar-refractivity contribution in [2.45, 2.75) is 39.2 Å². The normalized spacial score (nSPS) is 18.0.